The number of amides is 1. The molecule has 1 aromatic heterocycles. The first kappa shape index (κ1) is 12.4. The molecule has 2 rings (SSSR count). The van der Waals surface area contributed by atoms with Gasteiger partial charge >= 0.3 is 6.09 Å². The summed E-state index contributed by atoms with van der Waals surface area (Å²) in [5, 5.41) is 1.16. The Morgan fingerprint density at radius 1 is 1.39 bits per heavy atom. The molecule has 4 nitrogen and oxygen atoms in total. The van der Waals surface area contributed by atoms with E-state index in [0.717, 1.165) is 10.3 Å². The summed E-state index contributed by atoms with van der Waals surface area (Å²) in [4.78, 5) is 12.1. The highest BCUT2D eigenvalue weighted by Crippen LogP contribution is 2.28. The van der Waals surface area contributed by atoms with Crippen molar-refractivity contribution < 1.29 is 9.53 Å². The zero-order valence-corrected chi connectivity index (χ0v) is 10.8. The van der Waals surface area contributed by atoms with Crippen LogP contribution >= 0.6 is 11.3 Å². The van der Waals surface area contributed by atoms with Crippen molar-refractivity contribution in [2.45, 2.75) is 6.92 Å². The van der Waals surface area contributed by atoms with Crippen molar-refractivity contribution in [1.29, 1.82) is 0 Å². The van der Waals surface area contributed by atoms with Gasteiger partial charge in [-0.15, -0.1) is 11.3 Å². The number of carbonyl (C=O) groups is 1. The first-order valence-electron chi connectivity index (χ1n) is 5.57. The molecule has 0 radical (unpaired) electrons. The second-order valence-electron chi connectivity index (χ2n) is 3.60. The van der Waals surface area contributed by atoms with Gasteiger partial charge in [0.15, 0.2) is 0 Å². The Morgan fingerprint density at radius 3 is 2.89 bits per heavy atom. The smallest absolute Gasteiger partial charge is 0.425 e. The zero-order valence-electron chi connectivity index (χ0n) is 10.0. The van der Waals surface area contributed by atoms with Crippen molar-refractivity contribution in [3.8, 4) is 0 Å². The molecule has 0 spiro atoms. The van der Waals surface area contributed by atoms with Gasteiger partial charge in [0.1, 0.15) is 0 Å². The van der Waals surface area contributed by atoms with Crippen molar-refractivity contribution in [3.05, 3.63) is 41.8 Å². The lowest BCUT2D eigenvalue weighted by molar-refractivity contribution is 0.149. The second kappa shape index (κ2) is 5.55. The third-order valence-corrected chi connectivity index (χ3v) is 3.49. The van der Waals surface area contributed by atoms with Gasteiger partial charge in [0.25, 0.3) is 0 Å². The summed E-state index contributed by atoms with van der Waals surface area (Å²) < 4.78 is 5.92. The van der Waals surface area contributed by atoms with E-state index in [4.69, 9.17) is 4.74 Å². The number of thiophene rings is 1. The van der Waals surface area contributed by atoms with E-state index in [1.54, 1.807) is 18.3 Å². The van der Waals surface area contributed by atoms with E-state index in [1.807, 2.05) is 24.3 Å². The van der Waals surface area contributed by atoms with E-state index >= 15 is 0 Å². The molecule has 0 aliphatic rings. The quantitative estimate of drug-likeness (QED) is 0.832. The summed E-state index contributed by atoms with van der Waals surface area (Å²) in [5.41, 5.74) is 5.80. The molecule has 2 N–H and O–H groups in total. The number of rotatable bonds is 4. The Morgan fingerprint density at radius 2 is 2.17 bits per heavy atom. The van der Waals surface area contributed by atoms with Gasteiger partial charge in [0.05, 0.1) is 17.2 Å². The Hall–Kier alpha value is -2.01. The van der Waals surface area contributed by atoms with Gasteiger partial charge in [-0.3, -0.25) is 5.43 Å². The van der Waals surface area contributed by atoms with Gasteiger partial charge in [0.2, 0.25) is 0 Å². The molecule has 0 saturated heterocycles. The van der Waals surface area contributed by atoms with E-state index < -0.39 is 6.09 Å². The van der Waals surface area contributed by atoms with Crippen LogP contribution in [0.2, 0.25) is 0 Å². The maximum Gasteiger partial charge on any atom is 0.425 e. The predicted molar refractivity (Wildman–Crippen MR) is 74.2 cm³/mol. The van der Waals surface area contributed by atoms with Crippen LogP contribution in [-0.2, 0) is 4.74 Å². The topological polar surface area (TPSA) is 50.4 Å². The molecular formula is C13H14N2O2S. The van der Waals surface area contributed by atoms with Crippen LogP contribution in [0.3, 0.4) is 0 Å². The Labute approximate surface area is 109 Å². The number of benzene rings is 1. The third kappa shape index (κ3) is 2.81. The second-order valence-corrected chi connectivity index (χ2v) is 4.68. The fourth-order valence-corrected chi connectivity index (χ4v) is 2.47. The zero-order chi connectivity index (χ0) is 13.0. The van der Waals surface area contributed by atoms with Crippen LogP contribution in [0.15, 0.2) is 36.9 Å². The predicted octanol–water partition coefficient (Wildman–Crippen LogP) is 3.12. The van der Waals surface area contributed by atoms with Crippen LogP contribution in [0.25, 0.3) is 15.8 Å². The van der Waals surface area contributed by atoms with Crippen molar-refractivity contribution >= 4 is 33.2 Å². The highest BCUT2D eigenvalue weighted by Gasteiger charge is 2.06. The summed E-state index contributed by atoms with van der Waals surface area (Å²) >= 11 is 1.62. The van der Waals surface area contributed by atoms with E-state index in [0.29, 0.717) is 12.3 Å². The van der Waals surface area contributed by atoms with E-state index in [9.17, 15) is 4.79 Å². The van der Waals surface area contributed by atoms with E-state index in [1.165, 1.54) is 4.70 Å². The Bertz CT molecular complexity index is 544. The maximum absolute atomic E-state index is 11.1. The number of hydrogen-bond donors (Lipinski definition) is 2. The molecule has 0 fully saturated rings. The van der Waals surface area contributed by atoms with Gasteiger partial charge in [-0.05, 0) is 24.4 Å². The highest BCUT2D eigenvalue weighted by atomic mass is 32.1. The number of fused-ring (bicyclic) bond motifs is 1. The lowest BCUT2D eigenvalue weighted by atomic mass is 10.2. The van der Waals surface area contributed by atoms with Crippen molar-refractivity contribution in [1.82, 2.24) is 10.9 Å². The monoisotopic (exact) mass is 262 g/mol. The number of nitrogens with one attached hydrogen (secondary N) is 2. The molecule has 0 bridgehead atoms. The van der Waals surface area contributed by atoms with Crippen LogP contribution in [0.1, 0.15) is 11.8 Å². The molecule has 0 atom stereocenters. The number of ether oxygens (including phenoxy) is 1. The Balaban J connectivity index is 2.02. The van der Waals surface area contributed by atoms with Gasteiger partial charge in [-0.25, -0.2) is 10.2 Å². The standard InChI is InChI=1S/C13H14N2O2S/c1-3-17-13(16)15-14-9(2)12-8-10-6-4-5-7-11(10)18-12/h4-8,14H,2-3H2,1H3,(H,15,16). The first-order valence-corrected chi connectivity index (χ1v) is 6.39. The molecule has 1 aromatic carbocycles. The molecule has 5 heteroatoms. The van der Waals surface area contributed by atoms with Crippen molar-refractivity contribution in [2.75, 3.05) is 6.61 Å². The van der Waals surface area contributed by atoms with Gasteiger partial charge in [-0.2, -0.15) is 0 Å². The summed E-state index contributed by atoms with van der Waals surface area (Å²) in [7, 11) is 0. The molecule has 18 heavy (non-hydrogen) atoms. The van der Waals surface area contributed by atoms with E-state index in [-0.39, 0.29) is 0 Å². The minimum Gasteiger partial charge on any atom is -0.449 e. The van der Waals surface area contributed by atoms with Gasteiger partial charge < -0.3 is 4.74 Å². The molecule has 0 aliphatic heterocycles. The minimum atomic E-state index is -0.514. The summed E-state index contributed by atoms with van der Waals surface area (Å²) in [6, 6.07) is 10.1. The highest BCUT2D eigenvalue weighted by molar-refractivity contribution is 7.20. The number of carbonyl (C=O) groups excluding carboxylic acids is 1. The molecule has 0 saturated carbocycles. The number of hydrazine groups is 1. The third-order valence-electron chi connectivity index (χ3n) is 2.31. The Kier molecular flexibility index (Phi) is 3.84. The summed E-state index contributed by atoms with van der Waals surface area (Å²) in [6.07, 6.45) is -0.514. The molecule has 1 heterocycles. The van der Waals surface area contributed by atoms with Crippen LogP contribution in [0.4, 0.5) is 4.79 Å². The average molecular weight is 262 g/mol. The van der Waals surface area contributed by atoms with Crippen LogP contribution in [0.5, 0.6) is 0 Å². The van der Waals surface area contributed by atoms with Crippen LogP contribution in [0, 0.1) is 0 Å². The average Bonchev–Trinajstić information content (AvgIpc) is 2.80. The number of hydrogen-bond acceptors (Lipinski definition) is 4. The van der Waals surface area contributed by atoms with Crippen LogP contribution < -0.4 is 10.9 Å². The lowest BCUT2D eigenvalue weighted by Crippen LogP contribution is -2.36. The molecule has 2 aromatic rings. The fourth-order valence-electron chi connectivity index (χ4n) is 1.49. The van der Waals surface area contributed by atoms with Crippen molar-refractivity contribution in [2.24, 2.45) is 0 Å². The van der Waals surface area contributed by atoms with Gasteiger partial charge in [-0.1, -0.05) is 24.8 Å². The SMILES string of the molecule is C=C(NNC(=O)OCC)c1cc2ccccc2s1. The normalized spacial score (nSPS) is 10.1. The van der Waals surface area contributed by atoms with Gasteiger partial charge in [0, 0.05) is 4.70 Å². The molecule has 0 unspecified atom stereocenters. The minimum absolute atomic E-state index is 0.336. The lowest BCUT2D eigenvalue weighted by Gasteiger charge is -2.08. The summed E-state index contributed by atoms with van der Waals surface area (Å²) in [6.45, 7) is 5.97. The molecule has 1 amide bonds. The molecular weight excluding hydrogens is 248 g/mol. The molecule has 94 valence electrons. The maximum atomic E-state index is 11.1. The first-order chi connectivity index (χ1) is 8.70. The van der Waals surface area contributed by atoms with Crippen LogP contribution in [-0.4, -0.2) is 12.7 Å². The summed E-state index contributed by atoms with van der Waals surface area (Å²) in [5.74, 6) is 0. The molecule has 0 aliphatic carbocycles. The fraction of sp³-hybridized carbons (Fsp3) is 0.154. The largest absolute Gasteiger partial charge is 0.449 e. The van der Waals surface area contributed by atoms with Crippen molar-refractivity contribution in [3.63, 3.8) is 0 Å². The van der Waals surface area contributed by atoms with E-state index in [2.05, 4.69) is 23.5 Å².